The van der Waals surface area contributed by atoms with Crippen LogP contribution in [0, 0.1) is 5.92 Å². The van der Waals surface area contributed by atoms with E-state index >= 15 is 0 Å². The van der Waals surface area contributed by atoms with Gasteiger partial charge in [-0.2, -0.15) is 0 Å². The standard InChI is InChI=1S/C23H34N2O5/c1-23(2,3)30-22(27)24-12-9-18(10-13-24)11-14-28-20-15-25(16-20)21(26)29-17-19-7-5-4-6-8-19/h4-8,18,20H,9-17H2,1-3H3. The minimum atomic E-state index is -0.452. The van der Waals surface area contributed by atoms with Crippen LogP contribution in [-0.4, -0.2) is 66.5 Å². The Morgan fingerprint density at radius 1 is 1.00 bits per heavy atom. The summed E-state index contributed by atoms with van der Waals surface area (Å²) in [7, 11) is 0. The van der Waals surface area contributed by atoms with E-state index in [1.165, 1.54) is 0 Å². The summed E-state index contributed by atoms with van der Waals surface area (Å²) in [6.45, 7) is 9.31. The number of amides is 2. The first-order chi connectivity index (χ1) is 14.3. The molecular formula is C23H34N2O5. The fraction of sp³-hybridized carbons (Fsp3) is 0.652. The van der Waals surface area contributed by atoms with E-state index in [0.717, 1.165) is 37.9 Å². The van der Waals surface area contributed by atoms with Crippen molar-refractivity contribution < 1.29 is 23.8 Å². The Balaban J connectivity index is 1.24. The molecule has 2 heterocycles. The van der Waals surface area contributed by atoms with E-state index in [1.54, 1.807) is 9.80 Å². The van der Waals surface area contributed by atoms with Crippen molar-refractivity contribution in [3.63, 3.8) is 0 Å². The van der Waals surface area contributed by atoms with Crippen LogP contribution in [-0.2, 0) is 20.8 Å². The molecule has 166 valence electrons. The van der Waals surface area contributed by atoms with Crippen LogP contribution in [0.25, 0.3) is 0 Å². The number of carbonyl (C=O) groups is 2. The first-order valence-corrected chi connectivity index (χ1v) is 10.9. The summed E-state index contributed by atoms with van der Waals surface area (Å²) in [6, 6.07) is 9.67. The van der Waals surface area contributed by atoms with Gasteiger partial charge in [0.1, 0.15) is 12.2 Å². The van der Waals surface area contributed by atoms with Crippen molar-refractivity contribution >= 4 is 12.2 Å². The van der Waals surface area contributed by atoms with Crippen molar-refractivity contribution in [3.8, 4) is 0 Å². The average molecular weight is 419 g/mol. The first-order valence-electron chi connectivity index (χ1n) is 10.9. The van der Waals surface area contributed by atoms with Crippen LogP contribution < -0.4 is 0 Å². The van der Waals surface area contributed by atoms with Crippen LogP contribution in [0.4, 0.5) is 9.59 Å². The molecule has 0 aromatic heterocycles. The lowest BCUT2D eigenvalue weighted by Gasteiger charge is -2.38. The van der Waals surface area contributed by atoms with Gasteiger partial charge >= 0.3 is 12.2 Å². The Hall–Kier alpha value is -2.28. The molecule has 0 saturated carbocycles. The van der Waals surface area contributed by atoms with E-state index in [4.69, 9.17) is 14.2 Å². The van der Waals surface area contributed by atoms with Crippen molar-refractivity contribution in [1.29, 1.82) is 0 Å². The number of benzene rings is 1. The van der Waals surface area contributed by atoms with E-state index in [2.05, 4.69) is 0 Å². The molecule has 2 aliphatic heterocycles. The summed E-state index contributed by atoms with van der Waals surface area (Å²) in [6.07, 6.45) is 2.53. The fourth-order valence-electron chi connectivity index (χ4n) is 3.64. The Bertz CT molecular complexity index is 689. The maximum Gasteiger partial charge on any atom is 0.410 e. The Morgan fingerprint density at radius 3 is 2.30 bits per heavy atom. The highest BCUT2D eigenvalue weighted by molar-refractivity contribution is 5.69. The predicted octanol–water partition coefficient (Wildman–Crippen LogP) is 4.06. The molecule has 30 heavy (non-hydrogen) atoms. The molecule has 2 aliphatic rings. The van der Waals surface area contributed by atoms with Crippen LogP contribution in [0.15, 0.2) is 30.3 Å². The van der Waals surface area contributed by atoms with Gasteiger partial charge in [0.15, 0.2) is 0 Å². The molecule has 0 bridgehead atoms. The zero-order chi connectivity index (χ0) is 21.6. The van der Waals surface area contributed by atoms with Crippen LogP contribution >= 0.6 is 0 Å². The normalized spacial score (nSPS) is 18.1. The molecular weight excluding hydrogens is 384 g/mol. The van der Waals surface area contributed by atoms with Gasteiger partial charge in [-0.05, 0) is 51.5 Å². The molecule has 0 unspecified atom stereocenters. The third-order valence-corrected chi connectivity index (χ3v) is 5.46. The molecule has 3 rings (SSSR count). The molecule has 2 amide bonds. The summed E-state index contributed by atoms with van der Waals surface area (Å²) in [4.78, 5) is 27.6. The summed E-state index contributed by atoms with van der Waals surface area (Å²) in [5.41, 5.74) is 0.531. The smallest absolute Gasteiger partial charge is 0.410 e. The van der Waals surface area contributed by atoms with Crippen molar-refractivity contribution in [1.82, 2.24) is 9.80 Å². The number of nitrogens with zero attached hydrogens (tertiary/aromatic N) is 2. The summed E-state index contributed by atoms with van der Waals surface area (Å²) >= 11 is 0. The second-order valence-electron chi connectivity index (χ2n) is 9.14. The Kier molecular flexibility index (Phi) is 7.58. The van der Waals surface area contributed by atoms with E-state index in [-0.39, 0.29) is 18.3 Å². The molecule has 0 atom stereocenters. The lowest BCUT2D eigenvalue weighted by atomic mass is 9.94. The zero-order valence-corrected chi connectivity index (χ0v) is 18.3. The number of piperidine rings is 1. The molecule has 7 heteroatoms. The van der Waals surface area contributed by atoms with Crippen LogP contribution in [0.3, 0.4) is 0 Å². The number of hydrogen-bond acceptors (Lipinski definition) is 5. The highest BCUT2D eigenvalue weighted by Crippen LogP contribution is 2.23. The van der Waals surface area contributed by atoms with Gasteiger partial charge in [0.2, 0.25) is 0 Å². The minimum Gasteiger partial charge on any atom is -0.445 e. The van der Waals surface area contributed by atoms with Gasteiger partial charge < -0.3 is 24.0 Å². The third kappa shape index (κ3) is 6.90. The fourth-order valence-corrected chi connectivity index (χ4v) is 3.64. The summed E-state index contributed by atoms with van der Waals surface area (Å²) in [5.74, 6) is 0.565. The molecule has 7 nitrogen and oxygen atoms in total. The lowest BCUT2D eigenvalue weighted by molar-refractivity contribution is -0.0553. The average Bonchev–Trinajstić information content (AvgIpc) is 2.68. The van der Waals surface area contributed by atoms with Crippen LogP contribution in [0.1, 0.15) is 45.6 Å². The molecule has 1 aromatic rings. The Labute approximate surface area is 179 Å². The van der Waals surface area contributed by atoms with E-state index in [0.29, 0.717) is 32.2 Å². The molecule has 0 radical (unpaired) electrons. The first kappa shape index (κ1) is 22.4. The maximum atomic E-state index is 12.1. The molecule has 0 spiro atoms. The summed E-state index contributed by atoms with van der Waals surface area (Å²) in [5, 5.41) is 0. The SMILES string of the molecule is CC(C)(C)OC(=O)N1CCC(CCOC2CN(C(=O)OCc3ccccc3)C2)CC1. The maximum absolute atomic E-state index is 12.1. The monoisotopic (exact) mass is 418 g/mol. The quantitative estimate of drug-likeness (QED) is 0.697. The van der Waals surface area contributed by atoms with Gasteiger partial charge in [0.25, 0.3) is 0 Å². The number of hydrogen-bond donors (Lipinski definition) is 0. The van der Waals surface area contributed by atoms with Gasteiger partial charge in [-0.3, -0.25) is 0 Å². The van der Waals surface area contributed by atoms with Crippen molar-refractivity contribution in [3.05, 3.63) is 35.9 Å². The van der Waals surface area contributed by atoms with Crippen molar-refractivity contribution in [2.45, 2.75) is 58.3 Å². The number of likely N-dealkylation sites (tertiary alicyclic amines) is 2. The molecule has 2 saturated heterocycles. The van der Waals surface area contributed by atoms with Crippen LogP contribution in [0.2, 0.25) is 0 Å². The number of ether oxygens (including phenoxy) is 3. The van der Waals surface area contributed by atoms with E-state index < -0.39 is 5.60 Å². The number of rotatable bonds is 6. The highest BCUT2D eigenvalue weighted by Gasteiger charge is 2.33. The van der Waals surface area contributed by atoms with E-state index in [9.17, 15) is 9.59 Å². The third-order valence-electron chi connectivity index (χ3n) is 5.46. The zero-order valence-electron chi connectivity index (χ0n) is 18.3. The molecule has 0 aliphatic carbocycles. The van der Waals surface area contributed by atoms with Gasteiger partial charge in [-0.25, -0.2) is 9.59 Å². The van der Waals surface area contributed by atoms with Gasteiger partial charge in [-0.15, -0.1) is 0 Å². The predicted molar refractivity (Wildman–Crippen MR) is 113 cm³/mol. The summed E-state index contributed by atoms with van der Waals surface area (Å²) < 4.78 is 16.7. The second kappa shape index (κ2) is 10.2. The molecule has 0 N–H and O–H groups in total. The van der Waals surface area contributed by atoms with Gasteiger partial charge in [0, 0.05) is 19.7 Å². The lowest BCUT2D eigenvalue weighted by Crippen LogP contribution is -2.55. The molecule has 2 fully saturated rings. The van der Waals surface area contributed by atoms with Gasteiger partial charge in [0.05, 0.1) is 19.2 Å². The highest BCUT2D eigenvalue weighted by atomic mass is 16.6. The van der Waals surface area contributed by atoms with Gasteiger partial charge in [-0.1, -0.05) is 30.3 Å². The topological polar surface area (TPSA) is 68.3 Å². The Morgan fingerprint density at radius 2 is 1.67 bits per heavy atom. The van der Waals surface area contributed by atoms with Crippen molar-refractivity contribution in [2.75, 3.05) is 32.8 Å². The van der Waals surface area contributed by atoms with E-state index in [1.807, 2.05) is 51.1 Å². The minimum absolute atomic E-state index is 0.0936. The second-order valence-corrected chi connectivity index (χ2v) is 9.14. The van der Waals surface area contributed by atoms with Crippen LogP contribution in [0.5, 0.6) is 0 Å². The number of carbonyl (C=O) groups excluding carboxylic acids is 2. The largest absolute Gasteiger partial charge is 0.445 e. The van der Waals surface area contributed by atoms with Crippen molar-refractivity contribution in [2.24, 2.45) is 5.92 Å². The molecule has 1 aromatic carbocycles.